The van der Waals surface area contributed by atoms with Crippen LogP contribution in [0.4, 0.5) is 5.69 Å². The average molecular weight is 407 g/mol. The Kier molecular flexibility index (Phi) is 6.54. The van der Waals surface area contributed by atoms with Gasteiger partial charge in [0, 0.05) is 17.7 Å². The third-order valence-corrected chi connectivity index (χ3v) is 4.37. The highest BCUT2D eigenvalue weighted by atomic mass is 16.5. The van der Waals surface area contributed by atoms with Gasteiger partial charge in [-0.05, 0) is 29.8 Å². The molecule has 0 fully saturated rings. The first-order chi connectivity index (χ1) is 14.5. The van der Waals surface area contributed by atoms with Gasteiger partial charge in [0.05, 0.1) is 25.5 Å². The van der Waals surface area contributed by atoms with Crippen molar-refractivity contribution in [3.8, 4) is 17.2 Å². The zero-order valence-corrected chi connectivity index (χ0v) is 16.5. The zero-order valence-electron chi connectivity index (χ0n) is 16.5. The fraction of sp³-hybridized carbons (Fsp3) is 0.130. The Morgan fingerprint density at radius 1 is 0.900 bits per heavy atom. The first-order valence-electron chi connectivity index (χ1n) is 9.09. The maximum absolute atomic E-state index is 12.6. The molecule has 7 heteroatoms. The summed E-state index contributed by atoms with van der Waals surface area (Å²) in [7, 11) is 2.83. The standard InChI is InChI=1S/C23H21NO6/c1-28-20-12-18(23(26)27)19(13-21(20)29-2)24-22(25)16-8-10-17(11-9-16)30-14-15-6-4-3-5-7-15/h3-13H,14H2,1-2H3,(H,24,25)(H,26,27). The molecule has 0 heterocycles. The number of carbonyl (C=O) groups excluding carboxylic acids is 1. The molecule has 0 radical (unpaired) electrons. The summed E-state index contributed by atoms with van der Waals surface area (Å²) in [5.74, 6) is -0.474. The number of methoxy groups -OCH3 is 2. The van der Waals surface area contributed by atoms with Gasteiger partial charge in [-0.15, -0.1) is 0 Å². The lowest BCUT2D eigenvalue weighted by Gasteiger charge is -2.14. The number of anilines is 1. The van der Waals surface area contributed by atoms with Crippen LogP contribution in [0.3, 0.4) is 0 Å². The van der Waals surface area contributed by atoms with E-state index < -0.39 is 11.9 Å². The Bertz CT molecular complexity index is 1030. The molecule has 3 aromatic carbocycles. The van der Waals surface area contributed by atoms with E-state index in [1.165, 1.54) is 26.4 Å². The van der Waals surface area contributed by atoms with E-state index in [1.807, 2.05) is 30.3 Å². The number of ether oxygens (including phenoxy) is 3. The molecular formula is C23H21NO6. The number of aromatic carboxylic acids is 1. The van der Waals surface area contributed by atoms with Crippen molar-refractivity contribution in [1.82, 2.24) is 0 Å². The highest BCUT2D eigenvalue weighted by Gasteiger charge is 2.18. The van der Waals surface area contributed by atoms with Gasteiger partial charge in [0.1, 0.15) is 12.4 Å². The van der Waals surface area contributed by atoms with Crippen LogP contribution in [-0.4, -0.2) is 31.2 Å². The molecule has 0 atom stereocenters. The minimum Gasteiger partial charge on any atom is -0.493 e. The molecular weight excluding hydrogens is 386 g/mol. The van der Waals surface area contributed by atoms with E-state index in [4.69, 9.17) is 14.2 Å². The molecule has 154 valence electrons. The molecule has 7 nitrogen and oxygen atoms in total. The van der Waals surface area contributed by atoms with Crippen LogP contribution in [-0.2, 0) is 6.61 Å². The van der Waals surface area contributed by atoms with E-state index >= 15 is 0 Å². The van der Waals surface area contributed by atoms with Crippen molar-refractivity contribution in [2.24, 2.45) is 0 Å². The lowest BCUT2D eigenvalue weighted by atomic mass is 10.1. The number of hydrogen-bond donors (Lipinski definition) is 2. The average Bonchev–Trinajstić information content (AvgIpc) is 2.78. The van der Waals surface area contributed by atoms with Gasteiger partial charge in [-0.25, -0.2) is 4.79 Å². The normalized spacial score (nSPS) is 10.2. The molecule has 0 aliphatic heterocycles. The van der Waals surface area contributed by atoms with Gasteiger partial charge in [-0.2, -0.15) is 0 Å². The van der Waals surface area contributed by atoms with Gasteiger partial charge < -0.3 is 24.6 Å². The number of benzene rings is 3. The molecule has 0 aromatic heterocycles. The van der Waals surface area contributed by atoms with Gasteiger partial charge in [-0.1, -0.05) is 30.3 Å². The monoisotopic (exact) mass is 407 g/mol. The predicted octanol–water partition coefficient (Wildman–Crippen LogP) is 4.23. The van der Waals surface area contributed by atoms with Crippen molar-refractivity contribution in [2.45, 2.75) is 6.61 Å². The van der Waals surface area contributed by atoms with Crippen LogP contribution in [0.25, 0.3) is 0 Å². The smallest absolute Gasteiger partial charge is 0.337 e. The molecule has 0 aliphatic carbocycles. The topological polar surface area (TPSA) is 94.1 Å². The minimum absolute atomic E-state index is 0.106. The first kappa shape index (κ1) is 20.7. The zero-order chi connectivity index (χ0) is 21.5. The lowest BCUT2D eigenvalue weighted by Crippen LogP contribution is -2.15. The summed E-state index contributed by atoms with van der Waals surface area (Å²) in [4.78, 5) is 24.2. The Labute approximate surface area is 173 Å². The second-order valence-electron chi connectivity index (χ2n) is 6.31. The van der Waals surface area contributed by atoms with Crippen LogP contribution in [0.15, 0.2) is 66.7 Å². The Morgan fingerprint density at radius 2 is 1.53 bits per heavy atom. The maximum Gasteiger partial charge on any atom is 0.337 e. The quantitative estimate of drug-likeness (QED) is 0.580. The Hall–Kier alpha value is -4.00. The van der Waals surface area contributed by atoms with Crippen LogP contribution >= 0.6 is 0 Å². The molecule has 0 unspecified atom stereocenters. The number of nitrogens with one attached hydrogen (secondary N) is 1. The second kappa shape index (κ2) is 9.47. The molecule has 2 N–H and O–H groups in total. The fourth-order valence-electron chi connectivity index (χ4n) is 2.80. The highest BCUT2D eigenvalue weighted by molar-refractivity contribution is 6.08. The van der Waals surface area contributed by atoms with Crippen molar-refractivity contribution in [3.05, 3.63) is 83.4 Å². The number of rotatable bonds is 8. The van der Waals surface area contributed by atoms with Crippen molar-refractivity contribution >= 4 is 17.6 Å². The van der Waals surface area contributed by atoms with Gasteiger partial charge in [-0.3, -0.25) is 4.79 Å². The largest absolute Gasteiger partial charge is 0.493 e. The number of carboxylic acid groups (broad SMARTS) is 1. The first-order valence-corrected chi connectivity index (χ1v) is 9.09. The molecule has 0 bridgehead atoms. The number of amides is 1. The summed E-state index contributed by atoms with van der Waals surface area (Å²) >= 11 is 0. The summed E-state index contributed by atoms with van der Waals surface area (Å²) in [5, 5.41) is 12.1. The van der Waals surface area contributed by atoms with Gasteiger partial charge in [0.15, 0.2) is 11.5 Å². The summed E-state index contributed by atoms with van der Waals surface area (Å²) in [6.07, 6.45) is 0. The third-order valence-electron chi connectivity index (χ3n) is 4.37. The van der Waals surface area contributed by atoms with Crippen molar-refractivity contribution < 1.29 is 28.9 Å². The van der Waals surface area contributed by atoms with Gasteiger partial charge in [0.25, 0.3) is 5.91 Å². The van der Waals surface area contributed by atoms with E-state index in [1.54, 1.807) is 24.3 Å². The van der Waals surface area contributed by atoms with Crippen LogP contribution in [0, 0.1) is 0 Å². The Morgan fingerprint density at radius 3 is 2.13 bits per heavy atom. The number of carbonyl (C=O) groups is 2. The van der Waals surface area contributed by atoms with Crippen LogP contribution in [0.2, 0.25) is 0 Å². The molecule has 0 spiro atoms. The van der Waals surface area contributed by atoms with Gasteiger partial charge >= 0.3 is 5.97 Å². The Balaban J connectivity index is 1.73. The molecule has 3 rings (SSSR count). The SMILES string of the molecule is COc1cc(NC(=O)c2ccc(OCc3ccccc3)cc2)c(C(=O)O)cc1OC. The summed E-state index contributed by atoms with van der Waals surface area (Å²) < 4.78 is 16.0. The van der Waals surface area contributed by atoms with E-state index in [0.717, 1.165) is 5.56 Å². The molecule has 0 aliphatic rings. The van der Waals surface area contributed by atoms with Crippen LogP contribution in [0.5, 0.6) is 17.2 Å². The third kappa shape index (κ3) is 4.88. The van der Waals surface area contributed by atoms with Crippen LogP contribution < -0.4 is 19.5 Å². The lowest BCUT2D eigenvalue weighted by molar-refractivity contribution is 0.0697. The summed E-state index contributed by atoms with van der Waals surface area (Å²) in [5.41, 5.74) is 1.39. The number of carboxylic acids is 1. The molecule has 1 amide bonds. The van der Waals surface area contributed by atoms with Crippen LogP contribution in [0.1, 0.15) is 26.3 Å². The minimum atomic E-state index is -1.20. The van der Waals surface area contributed by atoms with Crippen molar-refractivity contribution in [2.75, 3.05) is 19.5 Å². The van der Waals surface area contributed by atoms with E-state index in [0.29, 0.717) is 23.7 Å². The summed E-state index contributed by atoms with van der Waals surface area (Å²) in [6, 6.07) is 19.0. The number of hydrogen-bond acceptors (Lipinski definition) is 5. The van der Waals surface area contributed by atoms with Gasteiger partial charge in [0.2, 0.25) is 0 Å². The molecule has 0 saturated heterocycles. The fourth-order valence-corrected chi connectivity index (χ4v) is 2.80. The summed E-state index contributed by atoms with van der Waals surface area (Å²) in [6.45, 7) is 0.417. The molecule has 0 saturated carbocycles. The van der Waals surface area contributed by atoms with Crippen molar-refractivity contribution in [3.63, 3.8) is 0 Å². The predicted molar refractivity (Wildman–Crippen MR) is 112 cm³/mol. The van der Waals surface area contributed by atoms with E-state index in [9.17, 15) is 14.7 Å². The maximum atomic E-state index is 12.6. The van der Waals surface area contributed by atoms with Crippen molar-refractivity contribution in [1.29, 1.82) is 0 Å². The molecule has 3 aromatic rings. The second-order valence-corrected chi connectivity index (χ2v) is 6.31. The molecule has 30 heavy (non-hydrogen) atoms. The highest BCUT2D eigenvalue weighted by Crippen LogP contribution is 2.33. The van der Waals surface area contributed by atoms with E-state index in [2.05, 4.69) is 5.32 Å². The van der Waals surface area contributed by atoms with E-state index in [-0.39, 0.29) is 17.0 Å².